The summed E-state index contributed by atoms with van der Waals surface area (Å²) in [5.41, 5.74) is -2.01. The van der Waals surface area contributed by atoms with Gasteiger partial charge in [-0.3, -0.25) is 4.79 Å². The van der Waals surface area contributed by atoms with E-state index in [1.807, 2.05) is 13.1 Å². The highest BCUT2D eigenvalue weighted by atomic mass is 28.3. The molecule has 1 fully saturated rings. The summed E-state index contributed by atoms with van der Waals surface area (Å²) in [6, 6.07) is 0. The van der Waals surface area contributed by atoms with Gasteiger partial charge in [0.05, 0.1) is 19.3 Å². The first kappa shape index (κ1) is 23.6. The average molecular weight is 402 g/mol. The molecule has 1 aliphatic rings. The average Bonchev–Trinajstić information content (AvgIpc) is 2.52. The molecule has 0 aliphatic carbocycles. The molecule has 0 N–H and O–H groups in total. The van der Waals surface area contributed by atoms with E-state index in [0.717, 1.165) is 0 Å². The summed E-state index contributed by atoms with van der Waals surface area (Å²) < 4.78 is 16.7. The van der Waals surface area contributed by atoms with Gasteiger partial charge in [0.25, 0.3) is 5.54 Å². The Bertz CT molecular complexity index is 539. The summed E-state index contributed by atoms with van der Waals surface area (Å²) in [6.45, 7) is 15.4. The van der Waals surface area contributed by atoms with Gasteiger partial charge < -0.3 is 18.8 Å². The fourth-order valence-corrected chi connectivity index (χ4v) is 4.54. The summed E-state index contributed by atoms with van der Waals surface area (Å²) in [7, 11) is -1.64. The zero-order valence-electron chi connectivity index (χ0n) is 18.0. The zero-order valence-corrected chi connectivity index (χ0v) is 19.1. The highest BCUT2D eigenvalue weighted by Gasteiger charge is 2.64. The third-order valence-corrected chi connectivity index (χ3v) is 5.88. The van der Waals surface area contributed by atoms with E-state index in [1.165, 1.54) is 11.8 Å². The van der Waals surface area contributed by atoms with Crippen molar-refractivity contribution >= 4 is 26.9 Å². The molecule has 0 radical (unpaired) electrons. The van der Waals surface area contributed by atoms with Gasteiger partial charge in [0.2, 0.25) is 5.91 Å². The molecule has 1 unspecified atom stereocenters. The lowest BCUT2D eigenvalue weighted by molar-refractivity contribution is -0.196. The number of piperidine rings is 1. The van der Waals surface area contributed by atoms with Crippen LogP contribution < -0.4 is 0 Å². The lowest BCUT2D eigenvalue weighted by atomic mass is 9.70. The second kappa shape index (κ2) is 9.19. The van der Waals surface area contributed by atoms with Crippen LogP contribution in [-0.2, 0) is 28.3 Å². The van der Waals surface area contributed by atoms with E-state index in [-0.39, 0.29) is 37.0 Å². The molecule has 8 heteroatoms. The van der Waals surface area contributed by atoms with E-state index >= 15 is 0 Å². The van der Waals surface area contributed by atoms with Crippen molar-refractivity contribution in [3.05, 3.63) is 0 Å². The molecule has 0 aromatic carbocycles. The molecule has 27 heavy (non-hydrogen) atoms. The molecule has 2 atom stereocenters. The number of esters is 2. The van der Waals surface area contributed by atoms with Gasteiger partial charge in [0, 0.05) is 13.5 Å². The Kier molecular flexibility index (Phi) is 8.04. The Morgan fingerprint density at radius 3 is 1.89 bits per heavy atom. The molecule has 1 amide bonds. The van der Waals surface area contributed by atoms with E-state index in [9.17, 15) is 14.4 Å². The maximum Gasteiger partial charge on any atom is 0.346 e. The van der Waals surface area contributed by atoms with Crippen LogP contribution in [0.1, 0.15) is 48.0 Å². The van der Waals surface area contributed by atoms with Gasteiger partial charge in [-0.25, -0.2) is 9.59 Å². The summed E-state index contributed by atoms with van der Waals surface area (Å²) >= 11 is 0. The lowest BCUT2D eigenvalue weighted by Crippen LogP contribution is -2.74. The maximum absolute atomic E-state index is 13.1. The van der Waals surface area contributed by atoms with E-state index in [2.05, 4.69) is 20.8 Å². The number of carbonyl (C=O) groups is 3. The van der Waals surface area contributed by atoms with Crippen molar-refractivity contribution in [1.82, 2.24) is 4.90 Å². The number of nitrogens with zero attached hydrogens (tertiary/aromatic N) is 1. The Morgan fingerprint density at radius 1 is 1.07 bits per heavy atom. The first-order valence-corrected chi connectivity index (χ1v) is 12.5. The van der Waals surface area contributed by atoms with E-state index in [1.54, 1.807) is 13.8 Å². The van der Waals surface area contributed by atoms with Crippen molar-refractivity contribution in [3.8, 4) is 0 Å². The third-order valence-electron chi connectivity index (χ3n) is 5.01. The molecule has 7 nitrogen and oxygen atoms in total. The number of hydrogen-bond donors (Lipinski definition) is 0. The van der Waals surface area contributed by atoms with Crippen LogP contribution in [0.3, 0.4) is 0 Å². The van der Waals surface area contributed by atoms with Crippen LogP contribution in [0.5, 0.6) is 0 Å². The predicted molar refractivity (Wildman–Crippen MR) is 105 cm³/mol. The Hall–Kier alpha value is -1.41. The Labute approximate surface area is 164 Å². The molecule has 1 rings (SSSR count). The summed E-state index contributed by atoms with van der Waals surface area (Å²) in [5.74, 6) is -1.85. The van der Waals surface area contributed by atoms with Gasteiger partial charge in [-0.2, -0.15) is 0 Å². The summed E-state index contributed by atoms with van der Waals surface area (Å²) in [4.78, 5) is 40.2. The maximum atomic E-state index is 13.1. The number of amides is 1. The molecule has 0 aromatic rings. The molecular weight excluding hydrogens is 366 g/mol. The number of ether oxygens (including phenoxy) is 2. The van der Waals surface area contributed by atoms with E-state index < -0.39 is 32.6 Å². The molecule has 156 valence electrons. The van der Waals surface area contributed by atoms with Crippen molar-refractivity contribution in [2.75, 3.05) is 19.8 Å². The Morgan fingerprint density at radius 2 is 1.56 bits per heavy atom. The standard InChI is InChI=1S/C19H35NO6Si/c1-9-24-16(22)19(17(23)25-10-2)15(26-27(7)8)11-14(18(4,5)6)12-20(19)13(3)21/h14-15,27H,9-12H2,1-8H3/t14-,15?/m1/s1. The van der Waals surface area contributed by atoms with Crippen LogP contribution in [-0.4, -0.2) is 63.2 Å². The topological polar surface area (TPSA) is 82.1 Å². The monoisotopic (exact) mass is 401 g/mol. The van der Waals surface area contributed by atoms with Crippen LogP contribution in [0.4, 0.5) is 0 Å². The number of likely N-dealkylation sites (tertiary alicyclic amines) is 1. The smallest absolute Gasteiger partial charge is 0.346 e. The Balaban J connectivity index is 3.63. The minimum atomic E-state index is -1.89. The SMILES string of the molecule is CCOC(=O)C1(C(=O)OCC)C(O[SiH](C)C)C[C@@H](C(C)(C)C)CN1C(C)=O. The van der Waals surface area contributed by atoms with Crippen LogP contribution in [0.2, 0.25) is 13.1 Å². The minimum absolute atomic E-state index is 0.0659. The molecule has 1 saturated heterocycles. The third kappa shape index (κ3) is 4.90. The van der Waals surface area contributed by atoms with Crippen molar-refractivity contribution in [1.29, 1.82) is 0 Å². The lowest BCUT2D eigenvalue weighted by Gasteiger charge is -2.52. The van der Waals surface area contributed by atoms with E-state index in [0.29, 0.717) is 6.42 Å². The van der Waals surface area contributed by atoms with Gasteiger partial charge in [-0.15, -0.1) is 0 Å². The highest BCUT2D eigenvalue weighted by molar-refractivity contribution is 6.48. The molecule has 1 aliphatic heterocycles. The van der Waals surface area contributed by atoms with Crippen LogP contribution in [0, 0.1) is 11.3 Å². The number of carbonyl (C=O) groups excluding carboxylic acids is 3. The van der Waals surface area contributed by atoms with Gasteiger partial charge in [0.15, 0.2) is 9.04 Å². The van der Waals surface area contributed by atoms with Gasteiger partial charge in [-0.05, 0) is 44.7 Å². The molecule has 0 aromatic heterocycles. The van der Waals surface area contributed by atoms with E-state index in [4.69, 9.17) is 13.9 Å². The number of rotatable bonds is 6. The molecular formula is C19H35NO6Si. The molecule has 0 spiro atoms. The normalized spacial score (nSPS) is 22.5. The fourth-order valence-electron chi connectivity index (χ4n) is 3.58. The first-order chi connectivity index (χ1) is 12.4. The van der Waals surface area contributed by atoms with Crippen molar-refractivity contribution < 1.29 is 28.3 Å². The predicted octanol–water partition coefficient (Wildman–Crippen LogP) is 2.13. The quantitative estimate of drug-likeness (QED) is 0.385. The van der Waals surface area contributed by atoms with Crippen molar-refractivity contribution in [2.24, 2.45) is 11.3 Å². The van der Waals surface area contributed by atoms with Crippen LogP contribution >= 0.6 is 0 Å². The summed E-state index contributed by atoms with van der Waals surface area (Å²) in [6.07, 6.45) is -0.306. The van der Waals surface area contributed by atoms with Crippen LogP contribution in [0.15, 0.2) is 0 Å². The largest absolute Gasteiger partial charge is 0.464 e. The van der Waals surface area contributed by atoms with Crippen molar-refractivity contribution in [3.63, 3.8) is 0 Å². The first-order valence-electron chi connectivity index (χ1n) is 9.70. The second-order valence-electron chi connectivity index (χ2n) is 8.31. The minimum Gasteiger partial charge on any atom is -0.464 e. The fraction of sp³-hybridized carbons (Fsp3) is 0.842. The second-order valence-corrected chi connectivity index (χ2v) is 10.7. The highest BCUT2D eigenvalue weighted by Crippen LogP contribution is 2.42. The zero-order chi connectivity index (χ0) is 21.0. The molecule has 0 bridgehead atoms. The van der Waals surface area contributed by atoms with Crippen molar-refractivity contribution in [2.45, 2.75) is 72.7 Å². The van der Waals surface area contributed by atoms with Crippen LogP contribution in [0.25, 0.3) is 0 Å². The van der Waals surface area contributed by atoms with Gasteiger partial charge in [0.1, 0.15) is 0 Å². The van der Waals surface area contributed by atoms with Gasteiger partial charge >= 0.3 is 11.9 Å². The summed E-state index contributed by atoms with van der Waals surface area (Å²) in [5, 5.41) is 0. The molecule has 0 saturated carbocycles. The number of hydrogen-bond acceptors (Lipinski definition) is 6. The molecule has 1 heterocycles. The van der Waals surface area contributed by atoms with Gasteiger partial charge in [-0.1, -0.05) is 20.8 Å².